The minimum atomic E-state index is -0.176. The van der Waals surface area contributed by atoms with Crippen molar-refractivity contribution >= 4 is 17.4 Å². The number of nitrogens with one attached hydrogen (secondary N) is 3. The molecule has 0 saturated carbocycles. The average Bonchev–Trinajstić information content (AvgIpc) is 2.18. The number of hydrogen-bond acceptors (Lipinski definition) is 2. The molecule has 0 bridgehead atoms. The van der Waals surface area contributed by atoms with Crippen molar-refractivity contribution in [2.24, 2.45) is 0 Å². The highest BCUT2D eigenvalue weighted by Crippen LogP contribution is 2.14. The molecule has 1 aromatic carbocycles. The van der Waals surface area contributed by atoms with Crippen molar-refractivity contribution < 1.29 is 4.79 Å². The maximum atomic E-state index is 11.4. The van der Waals surface area contributed by atoms with E-state index in [1.165, 1.54) is 0 Å². The Balaban J connectivity index is 2.53. The Bertz CT molecular complexity index is 357. The van der Waals surface area contributed by atoms with E-state index in [2.05, 4.69) is 29.8 Å². The van der Waals surface area contributed by atoms with Gasteiger partial charge in [0.05, 0.1) is 0 Å². The second kappa shape index (κ2) is 6.13. The zero-order valence-corrected chi connectivity index (χ0v) is 10.9. The summed E-state index contributed by atoms with van der Waals surface area (Å²) in [5.41, 5.74) is 1.84. The quantitative estimate of drug-likeness (QED) is 0.751. The molecule has 0 saturated heterocycles. The molecule has 0 unspecified atom stereocenters. The van der Waals surface area contributed by atoms with Crippen LogP contribution in [0.5, 0.6) is 0 Å². The second-order valence-corrected chi connectivity index (χ2v) is 4.63. The fourth-order valence-corrected chi connectivity index (χ4v) is 1.41. The van der Waals surface area contributed by atoms with E-state index in [1.54, 1.807) is 0 Å². The lowest BCUT2D eigenvalue weighted by atomic mass is 10.2. The van der Waals surface area contributed by atoms with Crippen LogP contribution in [-0.4, -0.2) is 18.1 Å². The molecule has 0 aliphatic rings. The topological polar surface area (TPSA) is 53.2 Å². The van der Waals surface area contributed by atoms with Crippen LogP contribution in [0.2, 0.25) is 0 Å². The van der Waals surface area contributed by atoms with E-state index in [0.29, 0.717) is 6.04 Å². The van der Waals surface area contributed by atoms with Crippen LogP contribution in [-0.2, 0) is 0 Å². The van der Waals surface area contributed by atoms with Gasteiger partial charge < -0.3 is 16.0 Å². The molecule has 3 N–H and O–H groups in total. The first-order valence-electron chi connectivity index (χ1n) is 5.91. The molecule has 1 aromatic rings. The van der Waals surface area contributed by atoms with Gasteiger partial charge in [0.2, 0.25) is 0 Å². The van der Waals surface area contributed by atoms with Gasteiger partial charge in [-0.1, -0.05) is 0 Å². The Labute approximate surface area is 103 Å². The van der Waals surface area contributed by atoms with Gasteiger partial charge in [-0.15, -0.1) is 0 Å². The second-order valence-electron chi connectivity index (χ2n) is 4.63. The first-order valence-corrected chi connectivity index (χ1v) is 5.91. The minimum Gasteiger partial charge on any atom is -0.383 e. The summed E-state index contributed by atoms with van der Waals surface area (Å²) in [6.07, 6.45) is 0. The van der Waals surface area contributed by atoms with Crippen LogP contribution in [0.25, 0.3) is 0 Å². The number of anilines is 2. The molecular weight excluding hydrogens is 214 g/mol. The third kappa shape index (κ3) is 5.24. The molecule has 17 heavy (non-hydrogen) atoms. The molecular formula is C13H21N3O. The number of carbonyl (C=O) groups is 1. The van der Waals surface area contributed by atoms with Crippen LogP contribution in [0.3, 0.4) is 0 Å². The summed E-state index contributed by atoms with van der Waals surface area (Å²) in [5.74, 6) is 0. The fourth-order valence-electron chi connectivity index (χ4n) is 1.41. The standard InChI is InChI=1S/C13H21N3O/c1-9(2)14-11-5-7-12(8-6-11)16-13(17)15-10(3)4/h5-10,14H,1-4H3,(H2,15,16,17). The number of rotatable bonds is 4. The van der Waals surface area contributed by atoms with E-state index in [0.717, 1.165) is 11.4 Å². The summed E-state index contributed by atoms with van der Waals surface area (Å²) in [4.78, 5) is 11.4. The Hall–Kier alpha value is -1.71. The minimum absolute atomic E-state index is 0.136. The number of amides is 2. The molecule has 2 amide bonds. The van der Waals surface area contributed by atoms with Gasteiger partial charge in [-0.2, -0.15) is 0 Å². The summed E-state index contributed by atoms with van der Waals surface area (Å²) in [7, 11) is 0. The lowest BCUT2D eigenvalue weighted by molar-refractivity contribution is 0.250. The predicted molar refractivity (Wildman–Crippen MR) is 72.5 cm³/mol. The molecule has 0 aromatic heterocycles. The van der Waals surface area contributed by atoms with Gasteiger partial charge in [0.25, 0.3) is 0 Å². The first-order chi connectivity index (χ1) is 7.97. The van der Waals surface area contributed by atoms with Crippen molar-refractivity contribution in [1.82, 2.24) is 5.32 Å². The van der Waals surface area contributed by atoms with Gasteiger partial charge in [-0.3, -0.25) is 0 Å². The van der Waals surface area contributed by atoms with Crippen molar-refractivity contribution in [2.75, 3.05) is 10.6 Å². The lowest BCUT2D eigenvalue weighted by Gasteiger charge is -2.12. The van der Waals surface area contributed by atoms with Gasteiger partial charge in [0, 0.05) is 23.5 Å². The van der Waals surface area contributed by atoms with E-state index in [1.807, 2.05) is 38.1 Å². The van der Waals surface area contributed by atoms with Crippen LogP contribution in [0.1, 0.15) is 27.7 Å². The van der Waals surface area contributed by atoms with Gasteiger partial charge in [-0.05, 0) is 52.0 Å². The summed E-state index contributed by atoms with van der Waals surface area (Å²) in [6, 6.07) is 8.02. The van der Waals surface area contributed by atoms with Crippen molar-refractivity contribution in [3.05, 3.63) is 24.3 Å². The van der Waals surface area contributed by atoms with E-state index < -0.39 is 0 Å². The van der Waals surface area contributed by atoms with Crippen LogP contribution >= 0.6 is 0 Å². The van der Waals surface area contributed by atoms with Crippen LogP contribution < -0.4 is 16.0 Å². The van der Waals surface area contributed by atoms with E-state index >= 15 is 0 Å². The van der Waals surface area contributed by atoms with Gasteiger partial charge in [0.15, 0.2) is 0 Å². The summed E-state index contributed by atoms with van der Waals surface area (Å²) in [5, 5.41) is 8.84. The van der Waals surface area contributed by atoms with Gasteiger partial charge in [0.1, 0.15) is 0 Å². The highest BCUT2D eigenvalue weighted by molar-refractivity contribution is 5.89. The zero-order chi connectivity index (χ0) is 12.8. The van der Waals surface area contributed by atoms with Crippen molar-refractivity contribution in [3.63, 3.8) is 0 Å². The maximum absolute atomic E-state index is 11.4. The molecule has 0 heterocycles. The fraction of sp³-hybridized carbons (Fsp3) is 0.462. The highest BCUT2D eigenvalue weighted by atomic mass is 16.2. The molecule has 0 aliphatic carbocycles. The Morgan fingerprint density at radius 2 is 1.47 bits per heavy atom. The molecule has 0 aliphatic heterocycles. The van der Waals surface area contributed by atoms with E-state index in [9.17, 15) is 4.79 Å². The number of benzene rings is 1. The van der Waals surface area contributed by atoms with Crippen molar-refractivity contribution in [3.8, 4) is 0 Å². The van der Waals surface area contributed by atoms with Crippen LogP contribution in [0, 0.1) is 0 Å². The third-order valence-electron chi connectivity index (χ3n) is 2.02. The van der Waals surface area contributed by atoms with E-state index in [4.69, 9.17) is 0 Å². The van der Waals surface area contributed by atoms with Crippen molar-refractivity contribution in [1.29, 1.82) is 0 Å². The number of carbonyl (C=O) groups excluding carboxylic acids is 1. The predicted octanol–water partition coefficient (Wildman–Crippen LogP) is 3.04. The molecule has 0 radical (unpaired) electrons. The Morgan fingerprint density at radius 1 is 0.941 bits per heavy atom. The van der Waals surface area contributed by atoms with Crippen LogP contribution in [0.15, 0.2) is 24.3 Å². The molecule has 0 atom stereocenters. The highest BCUT2D eigenvalue weighted by Gasteiger charge is 2.03. The lowest BCUT2D eigenvalue weighted by Crippen LogP contribution is -2.34. The Morgan fingerprint density at radius 3 is 1.94 bits per heavy atom. The maximum Gasteiger partial charge on any atom is 0.319 e. The molecule has 1 rings (SSSR count). The van der Waals surface area contributed by atoms with Gasteiger partial charge >= 0.3 is 6.03 Å². The number of urea groups is 1. The molecule has 0 spiro atoms. The monoisotopic (exact) mass is 235 g/mol. The molecule has 4 nitrogen and oxygen atoms in total. The number of hydrogen-bond donors (Lipinski definition) is 3. The normalized spacial score (nSPS) is 10.5. The largest absolute Gasteiger partial charge is 0.383 e. The smallest absolute Gasteiger partial charge is 0.319 e. The molecule has 0 fully saturated rings. The van der Waals surface area contributed by atoms with Gasteiger partial charge in [-0.25, -0.2) is 4.79 Å². The molecule has 4 heteroatoms. The van der Waals surface area contributed by atoms with E-state index in [-0.39, 0.29) is 12.1 Å². The zero-order valence-electron chi connectivity index (χ0n) is 10.9. The SMILES string of the molecule is CC(C)NC(=O)Nc1ccc(NC(C)C)cc1. The summed E-state index contributed by atoms with van der Waals surface area (Å²) >= 11 is 0. The summed E-state index contributed by atoms with van der Waals surface area (Å²) in [6.45, 7) is 8.02. The first kappa shape index (κ1) is 13.4. The summed E-state index contributed by atoms with van der Waals surface area (Å²) < 4.78 is 0. The Kier molecular flexibility index (Phi) is 4.82. The average molecular weight is 235 g/mol. The molecule has 94 valence electrons. The van der Waals surface area contributed by atoms with Crippen LogP contribution in [0.4, 0.5) is 16.2 Å². The third-order valence-corrected chi connectivity index (χ3v) is 2.02. The van der Waals surface area contributed by atoms with Crippen molar-refractivity contribution in [2.45, 2.75) is 39.8 Å².